The third kappa shape index (κ3) is 5.06. The van der Waals surface area contributed by atoms with E-state index in [0.717, 1.165) is 12.1 Å². The van der Waals surface area contributed by atoms with E-state index in [2.05, 4.69) is 10.0 Å². The van der Waals surface area contributed by atoms with Crippen LogP contribution in [0.15, 0.2) is 65.6 Å². The van der Waals surface area contributed by atoms with Crippen molar-refractivity contribution in [3.8, 4) is 11.5 Å². The highest BCUT2D eigenvalue weighted by Crippen LogP contribution is 2.32. The first-order valence-electron chi connectivity index (χ1n) is 10.0. The molecule has 172 valence electrons. The summed E-state index contributed by atoms with van der Waals surface area (Å²) < 4.78 is 65.7. The predicted molar refractivity (Wildman–Crippen MR) is 117 cm³/mol. The molecule has 0 radical (unpaired) electrons. The van der Waals surface area contributed by atoms with Gasteiger partial charge in [0.1, 0.15) is 24.8 Å². The van der Waals surface area contributed by atoms with Crippen molar-refractivity contribution >= 4 is 21.6 Å². The Hall–Kier alpha value is -3.66. The maximum absolute atomic E-state index is 13.9. The Kier molecular flexibility index (Phi) is 6.19. The highest BCUT2D eigenvalue weighted by molar-refractivity contribution is 7.92. The van der Waals surface area contributed by atoms with E-state index >= 15 is 0 Å². The number of sulfonamides is 1. The molecule has 10 heteroatoms. The second kappa shape index (κ2) is 9.07. The Morgan fingerprint density at radius 3 is 2.33 bits per heavy atom. The van der Waals surface area contributed by atoms with Crippen LogP contribution in [0.5, 0.6) is 11.5 Å². The molecule has 3 aromatic carbocycles. The Morgan fingerprint density at radius 2 is 1.64 bits per heavy atom. The number of carbonyl (C=O) groups is 1. The lowest BCUT2D eigenvalue weighted by atomic mass is 10.1. The van der Waals surface area contributed by atoms with E-state index in [0.29, 0.717) is 24.7 Å². The number of benzene rings is 3. The molecule has 4 rings (SSSR count). The number of nitrogens with one attached hydrogen (secondary N) is 2. The molecule has 0 bridgehead atoms. The molecule has 0 fully saturated rings. The van der Waals surface area contributed by atoms with Crippen LogP contribution in [0.2, 0.25) is 0 Å². The summed E-state index contributed by atoms with van der Waals surface area (Å²) in [6.45, 7) is 2.30. The molecule has 0 saturated heterocycles. The zero-order valence-electron chi connectivity index (χ0n) is 17.5. The second-order valence-corrected chi connectivity index (χ2v) is 9.03. The molecular formula is C23H20F2N2O5S. The number of rotatable bonds is 6. The number of ether oxygens (including phenoxy) is 2. The van der Waals surface area contributed by atoms with Gasteiger partial charge in [-0.2, -0.15) is 0 Å². The van der Waals surface area contributed by atoms with E-state index in [1.807, 2.05) is 0 Å². The quantitative estimate of drug-likeness (QED) is 0.563. The molecule has 0 spiro atoms. The van der Waals surface area contributed by atoms with Crippen molar-refractivity contribution in [2.75, 3.05) is 17.9 Å². The number of hydrogen-bond acceptors (Lipinski definition) is 5. The van der Waals surface area contributed by atoms with Gasteiger partial charge in [0.15, 0.2) is 11.5 Å². The minimum absolute atomic E-state index is 0.00344. The molecular weight excluding hydrogens is 454 g/mol. The van der Waals surface area contributed by atoms with Crippen LogP contribution >= 0.6 is 0 Å². The fourth-order valence-corrected chi connectivity index (χ4v) is 4.38. The molecule has 1 heterocycles. The Morgan fingerprint density at radius 1 is 0.939 bits per heavy atom. The summed E-state index contributed by atoms with van der Waals surface area (Å²) in [5, 5.41) is 2.63. The summed E-state index contributed by atoms with van der Waals surface area (Å²) in [6.07, 6.45) is 0. The van der Waals surface area contributed by atoms with Crippen molar-refractivity contribution in [2.24, 2.45) is 0 Å². The van der Waals surface area contributed by atoms with Crippen LogP contribution in [-0.2, 0) is 10.0 Å². The Labute approximate surface area is 189 Å². The van der Waals surface area contributed by atoms with E-state index in [1.165, 1.54) is 48.5 Å². The van der Waals surface area contributed by atoms with E-state index in [9.17, 15) is 22.0 Å². The van der Waals surface area contributed by atoms with Crippen molar-refractivity contribution in [3.63, 3.8) is 0 Å². The van der Waals surface area contributed by atoms with Gasteiger partial charge in [-0.05, 0) is 49.4 Å². The smallest absolute Gasteiger partial charge is 0.262 e. The van der Waals surface area contributed by atoms with Gasteiger partial charge in [-0.15, -0.1) is 0 Å². The monoisotopic (exact) mass is 474 g/mol. The van der Waals surface area contributed by atoms with E-state index in [1.54, 1.807) is 6.92 Å². The molecule has 3 aromatic rings. The minimum Gasteiger partial charge on any atom is -0.486 e. The SMILES string of the molecule is CC(NC(=O)c1ccc(NS(=O)(=O)c2ccc3c(c2)OCCO3)cc1)c1ccc(F)cc1F. The Bertz CT molecular complexity index is 1300. The van der Waals surface area contributed by atoms with Crippen molar-refractivity contribution in [1.82, 2.24) is 5.32 Å². The summed E-state index contributed by atoms with van der Waals surface area (Å²) in [5.41, 5.74) is 0.638. The first kappa shape index (κ1) is 22.5. The van der Waals surface area contributed by atoms with Crippen LogP contribution in [0.1, 0.15) is 28.9 Å². The molecule has 1 amide bonds. The largest absolute Gasteiger partial charge is 0.486 e. The van der Waals surface area contributed by atoms with Crippen LogP contribution in [0.4, 0.5) is 14.5 Å². The lowest BCUT2D eigenvalue weighted by molar-refractivity contribution is 0.0939. The lowest BCUT2D eigenvalue weighted by Gasteiger charge is -2.19. The summed E-state index contributed by atoms with van der Waals surface area (Å²) in [7, 11) is -3.90. The van der Waals surface area contributed by atoms with Crippen LogP contribution in [-0.4, -0.2) is 27.5 Å². The first-order chi connectivity index (χ1) is 15.7. The zero-order chi connectivity index (χ0) is 23.6. The summed E-state index contributed by atoms with van der Waals surface area (Å²) in [5.74, 6) is -1.13. The van der Waals surface area contributed by atoms with Gasteiger partial charge in [-0.1, -0.05) is 6.07 Å². The number of amides is 1. The molecule has 33 heavy (non-hydrogen) atoms. The zero-order valence-corrected chi connectivity index (χ0v) is 18.3. The second-order valence-electron chi connectivity index (χ2n) is 7.35. The molecule has 2 N–H and O–H groups in total. The maximum atomic E-state index is 13.9. The predicted octanol–water partition coefficient (Wildman–Crippen LogP) is 4.03. The van der Waals surface area contributed by atoms with Gasteiger partial charge >= 0.3 is 0 Å². The fraction of sp³-hybridized carbons (Fsp3) is 0.174. The third-order valence-electron chi connectivity index (χ3n) is 5.00. The van der Waals surface area contributed by atoms with Gasteiger partial charge in [0, 0.05) is 28.9 Å². The van der Waals surface area contributed by atoms with E-state index < -0.39 is 33.6 Å². The third-order valence-corrected chi connectivity index (χ3v) is 6.38. The van der Waals surface area contributed by atoms with Gasteiger partial charge < -0.3 is 14.8 Å². The molecule has 0 aromatic heterocycles. The van der Waals surface area contributed by atoms with Gasteiger partial charge in [-0.3, -0.25) is 9.52 Å². The van der Waals surface area contributed by atoms with Gasteiger partial charge in [0.25, 0.3) is 15.9 Å². The summed E-state index contributed by atoms with van der Waals surface area (Å²) in [6, 6.07) is 12.5. The first-order valence-corrected chi connectivity index (χ1v) is 11.5. The van der Waals surface area contributed by atoms with Crippen LogP contribution in [0.3, 0.4) is 0 Å². The molecule has 1 unspecified atom stereocenters. The summed E-state index contributed by atoms with van der Waals surface area (Å²) >= 11 is 0. The number of fused-ring (bicyclic) bond motifs is 1. The normalized spacial score (nSPS) is 13.8. The van der Waals surface area contributed by atoms with Crippen molar-refractivity contribution in [3.05, 3.63) is 83.4 Å². The van der Waals surface area contributed by atoms with E-state index in [-0.39, 0.29) is 21.7 Å². The number of halogens is 2. The maximum Gasteiger partial charge on any atom is 0.262 e. The van der Waals surface area contributed by atoms with Crippen molar-refractivity contribution in [1.29, 1.82) is 0 Å². The van der Waals surface area contributed by atoms with Crippen molar-refractivity contribution in [2.45, 2.75) is 17.9 Å². The van der Waals surface area contributed by atoms with Crippen LogP contribution < -0.4 is 19.5 Å². The number of hydrogen-bond donors (Lipinski definition) is 2. The highest BCUT2D eigenvalue weighted by atomic mass is 32.2. The van der Waals surface area contributed by atoms with Crippen molar-refractivity contribution < 1.29 is 31.5 Å². The van der Waals surface area contributed by atoms with Gasteiger partial charge in [0.05, 0.1) is 10.9 Å². The Balaban J connectivity index is 1.44. The number of carbonyl (C=O) groups excluding carboxylic acids is 1. The average Bonchev–Trinajstić information content (AvgIpc) is 2.78. The summed E-state index contributed by atoms with van der Waals surface area (Å²) in [4.78, 5) is 12.5. The minimum atomic E-state index is -3.90. The number of anilines is 1. The molecule has 1 atom stereocenters. The molecule has 0 saturated carbocycles. The topological polar surface area (TPSA) is 93.7 Å². The average molecular weight is 474 g/mol. The standard InChI is InChI=1S/C23H20F2N2O5S/c1-14(19-8-4-16(24)12-20(19)25)26-23(28)15-2-5-17(6-3-15)27-33(29,30)18-7-9-21-22(13-18)32-11-10-31-21/h2-9,12-14,27H,10-11H2,1H3,(H,26,28). The van der Waals surface area contributed by atoms with Crippen LogP contribution in [0.25, 0.3) is 0 Å². The van der Waals surface area contributed by atoms with E-state index in [4.69, 9.17) is 9.47 Å². The molecule has 0 aliphatic carbocycles. The highest BCUT2D eigenvalue weighted by Gasteiger charge is 2.20. The fourth-order valence-electron chi connectivity index (χ4n) is 3.30. The molecule has 1 aliphatic rings. The van der Waals surface area contributed by atoms with Gasteiger partial charge in [0.2, 0.25) is 0 Å². The molecule has 1 aliphatic heterocycles. The van der Waals surface area contributed by atoms with Gasteiger partial charge in [-0.25, -0.2) is 17.2 Å². The van der Waals surface area contributed by atoms with Crippen LogP contribution in [0, 0.1) is 11.6 Å². The lowest BCUT2D eigenvalue weighted by Crippen LogP contribution is -2.27. The molecule has 7 nitrogen and oxygen atoms in total.